The highest BCUT2D eigenvalue weighted by Gasteiger charge is 2.28. The molecule has 1 aromatic rings. The normalized spacial score (nSPS) is 13.9. The number of Topliss-reactive ketones (excluding diaryl/α,β-unsaturated/α-hetero) is 1. The summed E-state index contributed by atoms with van der Waals surface area (Å²) in [7, 11) is 0. The van der Waals surface area contributed by atoms with Crippen LogP contribution in [0.4, 0.5) is 0 Å². The average molecular weight is 279 g/mol. The number of furan rings is 1. The van der Waals surface area contributed by atoms with Gasteiger partial charge in [-0.05, 0) is 19.8 Å². The molecule has 2 N–H and O–H groups in total. The van der Waals surface area contributed by atoms with Gasteiger partial charge in [-0.2, -0.15) is 0 Å². The smallest absolute Gasteiger partial charge is 0.303 e. The number of ketones is 1. The van der Waals surface area contributed by atoms with Crippen molar-refractivity contribution >= 4 is 17.7 Å². The van der Waals surface area contributed by atoms with E-state index in [1.54, 1.807) is 6.92 Å². The fourth-order valence-corrected chi connectivity index (χ4v) is 2.39. The number of carboxylic acid groups (broad SMARTS) is 1. The van der Waals surface area contributed by atoms with Crippen LogP contribution in [-0.2, 0) is 11.2 Å². The molecule has 0 unspecified atom stereocenters. The van der Waals surface area contributed by atoms with Gasteiger partial charge in [-0.1, -0.05) is 0 Å². The summed E-state index contributed by atoms with van der Waals surface area (Å²) in [5, 5.41) is 11.1. The van der Waals surface area contributed by atoms with Gasteiger partial charge in [-0.25, -0.2) is 0 Å². The van der Waals surface area contributed by atoms with E-state index in [4.69, 9.17) is 9.52 Å². The van der Waals surface area contributed by atoms with Crippen molar-refractivity contribution in [1.29, 1.82) is 0 Å². The van der Waals surface area contributed by atoms with Crippen LogP contribution in [0.1, 0.15) is 57.9 Å². The molecule has 0 spiro atoms. The summed E-state index contributed by atoms with van der Waals surface area (Å²) in [5.74, 6) is -0.503. The molecule has 1 aliphatic carbocycles. The molecule has 0 atom stereocenters. The molecule has 0 aromatic carbocycles. The number of nitrogens with one attached hydrogen (secondary N) is 1. The van der Waals surface area contributed by atoms with Gasteiger partial charge in [-0.15, -0.1) is 0 Å². The van der Waals surface area contributed by atoms with E-state index in [2.05, 4.69) is 5.32 Å². The van der Waals surface area contributed by atoms with Gasteiger partial charge in [0.1, 0.15) is 5.76 Å². The zero-order valence-electron chi connectivity index (χ0n) is 11.3. The molecule has 0 saturated heterocycles. The minimum Gasteiger partial charge on any atom is -0.481 e. The third kappa shape index (κ3) is 2.89. The van der Waals surface area contributed by atoms with E-state index < -0.39 is 11.9 Å². The molecule has 0 radical (unpaired) electrons. The Bertz CT molecular complexity index is 558. The van der Waals surface area contributed by atoms with Crippen molar-refractivity contribution in [3.05, 3.63) is 22.6 Å². The molecule has 6 heteroatoms. The predicted molar refractivity (Wildman–Crippen MR) is 69.9 cm³/mol. The summed E-state index contributed by atoms with van der Waals surface area (Å²) in [6.45, 7) is 1.97. The van der Waals surface area contributed by atoms with Crippen molar-refractivity contribution in [2.24, 2.45) is 0 Å². The Kier molecular flexibility index (Phi) is 4.22. The lowest BCUT2D eigenvalue weighted by Crippen LogP contribution is -2.25. The Morgan fingerprint density at radius 2 is 2.10 bits per heavy atom. The van der Waals surface area contributed by atoms with Crippen LogP contribution in [0.2, 0.25) is 0 Å². The van der Waals surface area contributed by atoms with Gasteiger partial charge >= 0.3 is 5.97 Å². The molecule has 6 nitrogen and oxygen atoms in total. The van der Waals surface area contributed by atoms with E-state index in [0.29, 0.717) is 36.1 Å². The van der Waals surface area contributed by atoms with E-state index in [0.717, 1.165) is 6.42 Å². The minimum absolute atomic E-state index is 0.00635. The number of rotatable bonds is 5. The second-order valence-electron chi connectivity index (χ2n) is 4.88. The maximum atomic E-state index is 12.0. The van der Waals surface area contributed by atoms with Gasteiger partial charge < -0.3 is 14.8 Å². The first-order valence-corrected chi connectivity index (χ1v) is 6.66. The molecule has 108 valence electrons. The monoisotopic (exact) mass is 279 g/mol. The van der Waals surface area contributed by atoms with Crippen molar-refractivity contribution in [1.82, 2.24) is 5.32 Å². The van der Waals surface area contributed by atoms with Crippen LogP contribution < -0.4 is 5.32 Å². The fraction of sp³-hybridized carbons (Fsp3) is 0.500. The van der Waals surface area contributed by atoms with E-state index in [9.17, 15) is 14.4 Å². The van der Waals surface area contributed by atoms with Crippen LogP contribution in [0.5, 0.6) is 0 Å². The summed E-state index contributed by atoms with van der Waals surface area (Å²) in [6.07, 6.45) is 2.28. The highest BCUT2D eigenvalue weighted by atomic mass is 16.4. The molecule has 1 heterocycles. The molecule has 0 bridgehead atoms. The molecule has 1 aliphatic rings. The predicted octanol–water partition coefficient (Wildman–Crippen LogP) is 1.70. The SMILES string of the molecule is Cc1c(C(=O)NCCCC(=O)O)oc2c1C(=O)CCC2. The molecule has 2 rings (SSSR count). The second-order valence-corrected chi connectivity index (χ2v) is 4.88. The van der Waals surface area contributed by atoms with Crippen LogP contribution in [0.25, 0.3) is 0 Å². The standard InChI is InChI=1S/C14H17NO5/c1-8-12-9(16)4-2-5-10(12)20-13(8)14(19)15-7-3-6-11(17)18/h2-7H2,1H3,(H,15,19)(H,17,18). The number of amides is 1. The van der Waals surface area contributed by atoms with Crippen LogP contribution in [0.15, 0.2) is 4.42 Å². The molecule has 0 aliphatic heterocycles. The Morgan fingerprint density at radius 3 is 2.75 bits per heavy atom. The van der Waals surface area contributed by atoms with E-state index >= 15 is 0 Å². The number of carboxylic acids is 1. The first-order chi connectivity index (χ1) is 9.50. The number of aryl methyl sites for hydroxylation is 1. The number of hydrogen-bond donors (Lipinski definition) is 2. The maximum Gasteiger partial charge on any atom is 0.303 e. The maximum absolute atomic E-state index is 12.0. The molecule has 0 fully saturated rings. The quantitative estimate of drug-likeness (QED) is 0.800. The molecule has 1 amide bonds. The highest BCUT2D eigenvalue weighted by Crippen LogP contribution is 2.29. The van der Waals surface area contributed by atoms with Crippen molar-refractivity contribution in [3.63, 3.8) is 0 Å². The number of carbonyl (C=O) groups is 3. The van der Waals surface area contributed by atoms with E-state index in [1.807, 2.05) is 0 Å². The van der Waals surface area contributed by atoms with Crippen LogP contribution in [-0.4, -0.2) is 29.3 Å². The van der Waals surface area contributed by atoms with Gasteiger partial charge in [0, 0.05) is 31.4 Å². The van der Waals surface area contributed by atoms with Crippen molar-refractivity contribution in [2.45, 2.75) is 39.0 Å². The number of carbonyl (C=O) groups excluding carboxylic acids is 2. The lowest BCUT2D eigenvalue weighted by molar-refractivity contribution is -0.137. The Balaban J connectivity index is 2.04. The molecule has 0 saturated carbocycles. The van der Waals surface area contributed by atoms with Gasteiger partial charge in [0.15, 0.2) is 11.5 Å². The van der Waals surface area contributed by atoms with Crippen molar-refractivity contribution in [2.75, 3.05) is 6.54 Å². The zero-order chi connectivity index (χ0) is 14.7. The Labute approximate surface area is 116 Å². The summed E-state index contributed by atoms with van der Waals surface area (Å²) in [6, 6.07) is 0. The van der Waals surface area contributed by atoms with Crippen LogP contribution >= 0.6 is 0 Å². The first-order valence-electron chi connectivity index (χ1n) is 6.66. The third-order valence-electron chi connectivity index (χ3n) is 3.37. The zero-order valence-corrected chi connectivity index (χ0v) is 11.3. The lowest BCUT2D eigenvalue weighted by atomic mass is 9.94. The van der Waals surface area contributed by atoms with Crippen LogP contribution in [0, 0.1) is 6.92 Å². The van der Waals surface area contributed by atoms with Gasteiger partial charge in [0.05, 0.1) is 5.56 Å². The fourth-order valence-electron chi connectivity index (χ4n) is 2.39. The number of fused-ring (bicyclic) bond motifs is 1. The Hall–Kier alpha value is -2.11. The van der Waals surface area contributed by atoms with Gasteiger partial charge in [0.25, 0.3) is 5.91 Å². The highest BCUT2D eigenvalue weighted by molar-refractivity contribution is 6.03. The summed E-state index contributed by atoms with van der Waals surface area (Å²) in [4.78, 5) is 34.2. The Morgan fingerprint density at radius 1 is 1.35 bits per heavy atom. The third-order valence-corrected chi connectivity index (χ3v) is 3.37. The summed E-state index contributed by atoms with van der Waals surface area (Å²) >= 11 is 0. The van der Waals surface area contributed by atoms with Crippen molar-refractivity contribution < 1.29 is 23.9 Å². The average Bonchev–Trinajstić information content (AvgIpc) is 2.73. The molecular weight excluding hydrogens is 262 g/mol. The lowest BCUT2D eigenvalue weighted by Gasteiger charge is -2.07. The number of aliphatic carboxylic acids is 1. The second kappa shape index (κ2) is 5.90. The largest absolute Gasteiger partial charge is 0.481 e. The minimum atomic E-state index is -0.894. The van der Waals surface area contributed by atoms with Gasteiger partial charge in [-0.3, -0.25) is 14.4 Å². The molecule has 1 aromatic heterocycles. The van der Waals surface area contributed by atoms with E-state index in [-0.39, 0.29) is 24.5 Å². The summed E-state index contributed by atoms with van der Waals surface area (Å²) in [5.41, 5.74) is 1.13. The number of hydrogen-bond acceptors (Lipinski definition) is 4. The molecule has 20 heavy (non-hydrogen) atoms. The molecular formula is C14H17NO5. The summed E-state index contributed by atoms with van der Waals surface area (Å²) < 4.78 is 5.50. The topological polar surface area (TPSA) is 96.6 Å². The van der Waals surface area contributed by atoms with Gasteiger partial charge in [0.2, 0.25) is 0 Å². The van der Waals surface area contributed by atoms with Crippen molar-refractivity contribution in [3.8, 4) is 0 Å². The van der Waals surface area contributed by atoms with E-state index in [1.165, 1.54) is 0 Å². The van der Waals surface area contributed by atoms with Crippen LogP contribution in [0.3, 0.4) is 0 Å². The first kappa shape index (κ1) is 14.3.